The number of amides is 3. The molecule has 0 heterocycles. The second kappa shape index (κ2) is 9.79. The second-order valence-electron chi connectivity index (χ2n) is 5.93. The summed E-state index contributed by atoms with van der Waals surface area (Å²) in [4.78, 5) is 23.7. The van der Waals surface area contributed by atoms with Crippen LogP contribution >= 0.6 is 11.6 Å². The van der Waals surface area contributed by atoms with Gasteiger partial charge in [-0.1, -0.05) is 41.9 Å². The second-order valence-corrected chi connectivity index (χ2v) is 6.36. The molecule has 0 aliphatic heterocycles. The van der Waals surface area contributed by atoms with Crippen LogP contribution in [-0.2, 0) is 11.2 Å². The van der Waals surface area contributed by atoms with Gasteiger partial charge in [-0.3, -0.25) is 4.79 Å². The summed E-state index contributed by atoms with van der Waals surface area (Å²) < 4.78 is 0. The third-order valence-electron chi connectivity index (χ3n) is 3.76. The zero-order valence-electron chi connectivity index (χ0n) is 14.4. The Morgan fingerprint density at radius 3 is 2.38 bits per heavy atom. The van der Waals surface area contributed by atoms with Gasteiger partial charge in [0, 0.05) is 17.1 Å². The van der Waals surface area contributed by atoms with E-state index in [1.165, 1.54) is 0 Å². The van der Waals surface area contributed by atoms with Gasteiger partial charge in [0.1, 0.15) is 0 Å². The molecular formula is C19H22ClN3O3. The zero-order valence-corrected chi connectivity index (χ0v) is 15.2. The lowest BCUT2D eigenvalue weighted by atomic mass is 10.0. The number of hydrogen-bond donors (Lipinski definition) is 4. The molecule has 2 rings (SSSR count). The van der Waals surface area contributed by atoms with Crippen LogP contribution in [0.5, 0.6) is 0 Å². The minimum Gasteiger partial charge on any atom is -0.391 e. The molecule has 6 nitrogen and oxygen atoms in total. The minimum absolute atomic E-state index is 0.185. The van der Waals surface area contributed by atoms with E-state index >= 15 is 0 Å². The van der Waals surface area contributed by atoms with Crippen molar-refractivity contribution in [2.75, 3.05) is 11.9 Å². The van der Waals surface area contributed by atoms with E-state index in [9.17, 15) is 14.7 Å². The maximum absolute atomic E-state index is 11.9. The summed E-state index contributed by atoms with van der Waals surface area (Å²) in [6.07, 6.45) is -0.301. The van der Waals surface area contributed by atoms with Crippen molar-refractivity contribution in [1.29, 1.82) is 0 Å². The topological polar surface area (TPSA) is 90.5 Å². The van der Waals surface area contributed by atoms with Gasteiger partial charge in [0.25, 0.3) is 0 Å². The molecule has 0 spiro atoms. The molecule has 2 unspecified atom stereocenters. The summed E-state index contributed by atoms with van der Waals surface area (Å²) in [5.41, 5.74) is 1.57. The molecule has 0 radical (unpaired) electrons. The maximum atomic E-state index is 11.9. The van der Waals surface area contributed by atoms with E-state index in [2.05, 4.69) is 16.0 Å². The SMILES string of the molecule is CC(NC(=O)NCC(=O)Nc1ccc(Cl)cc1)C(O)Cc1ccccc1. The first-order valence-corrected chi connectivity index (χ1v) is 8.63. The normalized spacial score (nSPS) is 12.7. The predicted octanol–water partition coefficient (Wildman–Crippen LogP) is 2.57. The van der Waals surface area contributed by atoms with Gasteiger partial charge in [-0.2, -0.15) is 0 Å². The molecule has 0 fully saturated rings. The number of halogens is 1. The Kier molecular flexibility index (Phi) is 7.44. The standard InChI is InChI=1S/C19H22ClN3O3/c1-13(17(24)11-14-5-3-2-4-6-14)22-19(26)21-12-18(25)23-16-9-7-15(20)8-10-16/h2-10,13,17,24H,11-12H2,1H3,(H,23,25)(H2,21,22,26). The van der Waals surface area contributed by atoms with Gasteiger partial charge < -0.3 is 21.1 Å². The van der Waals surface area contributed by atoms with Gasteiger partial charge in [-0.15, -0.1) is 0 Å². The first-order chi connectivity index (χ1) is 12.4. The highest BCUT2D eigenvalue weighted by Gasteiger charge is 2.17. The van der Waals surface area contributed by atoms with Gasteiger partial charge in [0.15, 0.2) is 0 Å². The van der Waals surface area contributed by atoms with E-state index in [0.29, 0.717) is 17.1 Å². The first kappa shape index (κ1) is 19.8. The molecule has 3 amide bonds. The van der Waals surface area contributed by atoms with Crippen LogP contribution in [0.15, 0.2) is 54.6 Å². The van der Waals surface area contributed by atoms with Gasteiger partial charge in [-0.05, 0) is 36.8 Å². The lowest BCUT2D eigenvalue weighted by Crippen LogP contribution is -2.48. The molecule has 0 aliphatic rings. The highest BCUT2D eigenvalue weighted by atomic mass is 35.5. The number of carbonyl (C=O) groups is 2. The van der Waals surface area contributed by atoms with E-state index in [1.807, 2.05) is 30.3 Å². The first-order valence-electron chi connectivity index (χ1n) is 8.26. The van der Waals surface area contributed by atoms with E-state index < -0.39 is 18.2 Å². The van der Waals surface area contributed by atoms with Crippen molar-refractivity contribution in [3.8, 4) is 0 Å². The fourth-order valence-corrected chi connectivity index (χ4v) is 2.41. The van der Waals surface area contributed by atoms with Crippen LogP contribution in [0.3, 0.4) is 0 Å². The van der Waals surface area contributed by atoms with Crippen molar-refractivity contribution in [2.24, 2.45) is 0 Å². The zero-order chi connectivity index (χ0) is 18.9. The summed E-state index contributed by atoms with van der Waals surface area (Å²) in [5, 5.41) is 18.5. The van der Waals surface area contributed by atoms with Crippen LogP contribution in [0.1, 0.15) is 12.5 Å². The summed E-state index contributed by atoms with van der Waals surface area (Å²) >= 11 is 5.78. The number of aliphatic hydroxyl groups is 1. The van der Waals surface area contributed by atoms with Crippen molar-refractivity contribution < 1.29 is 14.7 Å². The quantitative estimate of drug-likeness (QED) is 0.599. The Morgan fingerprint density at radius 1 is 1.08 bits per heavy atom. The van der Waals surface area contributed by atoms with Crippen LogP contribution in [0, 0.1) is 0 Å². The molecule has 0 bridgehead atoms. The maximum Gasteiger partial charge on any atom is 0.315 e. The van der Waals surface area contributed by atoms with E-state index in [4.69, 9.17) is 11.6 Å². The van der Waals surface area contributed by atoms with Gasteiger partial charge in [0.2, 0.25) is 5.91 Å². The average Bonchev–Trinajstić information content (AvgIpc) is 2.63. The van der Waals surface area contributed by atoms with Crippen LogP contribution in [0.2, 0.25) is 5.02 Å². The third-order valence-corrected chi connectivity index (χ3v) is 4.01. The van der Waals surface area contributed by atoms with Crippen LogP contribution in [0.4, 0.5) is 10.5 Å². The number of hydrogen-bond acceptors (Lipinski definition) is 3. The summed E-state index contributed by atoms with van der Waals surface area (Å²) in [5.74, 6) is -0.361. The molecule has 2 atom stereocenters. The molecule has 26 heavy (non-hydrogen) atoms. The van der Waals surface area contributed by atoms with Crippen LogP contribution < -0.4 is 16.0 Å². The molecule has 2 aromatic rings. The minimum atomic E-state index is -0.731. The summed E-state index contributed by atoms with van der Waals surface area (Å²) in [6.45, 7) is 1.52. The van der Waals surface area contributed by atoms with E-state index in [1.54, 1.807) is 31.2 Å². The Hall–Kier alpha value is -2.57. The average molecular weight is 376 g/mol. The Labute approximate surface area is 157 Å². The van der Waals surface area contributed by atoms with Crippen LogP contribution in [-0.4, -0.2) is 35.7 Å². The smallest absolute Gasteiger partial charge is 0.315 e. The highest BCUT2D eigenvalue weighted by Crippen LogP contribution is 2.13. The summed E-state index contributed by atoms with van der Waals surface area (Å²) in [6, 6.07) is 15.2. The Bertz CT molecular complexity index is 723. The van der Waals surface area contributed by atoms with Crippen molar-refractivity contribution in [1.82, 2.24) is 10.6 Å². The number of urea groups is 1. The molecule has 2 aromatic carbocycles. The number of benzene rings is 2. The molecule has 4 N–H and O–H groups in total. The predicted molar refractivity (Wildman–Crippen MR) is 102 cm³/mol. The molecule has 0 saturated heterocycles. The van der Waals surface area contributed by atoms with Crippen molar-refractivity contribution >= 4 is 29.2 Å². The number of nitrogens with one attached hydrogen (secondary N) is 3. The monoisotopic (exact) mass is 375 g/mol. The molecule has 138 valence electrons. The fourth-order valence-electron chi connectivity index (χ4n) is 2.29. The Morgan fingerprint density at radius 2 is 1.73 bits per heavy atom. The van der Waals surface area contributed by atoms with Crippen LogP contribution in [0.25, 0.3) is 0 Å². The van der Waals surface area contributed by atoms with Gasteiger partial charge >= 0.3 is 6.03 Å². The largest absolute Gasteiger partial charge is 0.391 e. The van der Waals surface area contributed by atoms with E-state index in [-0.39, 0.29) is 12.5 Å². The van der Waals surface area contributed by atoms with Crippen molar-refractivity contribution in [3.63, 3.8) is 0 Å². The summed E-state index contributed by atoms with van der Waals surface area (Å²) in [7, 11) is 0. The van der Waals surface area contributed by atoms with Gasteiger partial charge in [-0.25, -0.2) is 4.79 Å². The van der Waals surface area contributed by atoms with E-state index in [0.717, 1.165) is 5.56 Å². The fraction of sp³-hybridized carbons (Fsp3) is 0.263. The molecule has 0 aromatic heterocycles. The molecular weight excluding hydrogens is 354 g/mol. The molecule has 7 heteroatoms. The Balaban J connectivity index is 1.71. The molecule has 0 saturated carbocycles. The highest BCUT2D eigenvalue weighted by molar-refractivity contribution is 6.30. The number of rotatable bonds is 7. The van der Waals surface area contributed by atoms with Crippen molar-refractivity contribution in [2.45, 2.75) is 25.5 Å². The number of aliphatic hydroxyl groups excluding tert-OH is 1. The van der Waals surface area contributed by atoms with Gasteiger partial charge in [0.05, 0.1) is 18.7 Å². The lowest BCUT2D eigenvalue weighted by molar-refractivity contribution is -0.115. The number of carbonyl (C=O) groups excluding carboxylic acids is 2. The molecule has 0 aliphatic carbocycles. The third kappa shape index (κ3) is 6.74. The lowest BCUT2D eigenvalue weighted by Gasteiger charge is -2.20. The van der Waals surface area contributed by atoms with Crippen molar-refractivity contribution in [3.05, 3.63) is 65.2 Å². The number of anilines is 1.